The summed E-state index contributed by atoms with van der Waals surface area (Å²) < 4.78 is 0. The second kappa shape index (κ2) is 28.0. The molecule has 2 aromatic rings. The fourth-order valence-electron chi connectivity index (χ4n) is 7.58. The smallest absolute Gasteiger partial charge is 0.245 e. The molecule has 2 aromatic carbocycles. The van der Waals surface area contributed by atoms with E-state index in [9.17, 15) is 63.3 Å². The number of carbonyl (C=O) groups excluding carboxylic acids is 10. The molecule has 2 aliphatic heterocycles. The van der Waals surface area contributed by atoms with Crippen LogP contribution in [0.5, 0.6) is 11.5 Å². The molecular formula is C47H66N10O13S2. The van der Waals surface area contributed by atoms with Crippen molar-refractivity contribution in [3.8, 4) is 11.5 Å². The molecule has 4 rings (SSSR count). The fraction of sp³-hybridized carbons (Fsp3) is 0.532. The quantitative estimate of drug-likeness (QED) is 0.0984. The Labute approximate surface area is 424 Å². The van der Waals surface area contributed by atoms with Crippen molar-refractivity contribution in [2.45, 2.75) is 127 Å². The number of nitrogens with zero attached hydrogens (tertiary/aromatic N) is 1. The number of nitrogens with two attached hydrogens (primary N) is 1. The van der Waals surface area contributed by atoms with Crippen LogP contribution >= 0.6 is 21.6 Å². The van der Waals surface area contributed by atoms with Crippen LogP contribution in [0.1, 0.15) is 65.0 Å². The van der Waals surface area contributed by atoms with Crippen molar-refractivity contribution in [1.82, 2.24) is 47.4 Å². The Hall–Kier alpha value is -6.44. The van der Waals surface area contributed by atoms with Gasteiger partial charge in [-0.25, -0.2) is 0 Å². The van der Waals surface area contributed by atoms with Gasteiger partial charge < -0.3 is 73.3 Å². The average Bonchev–Trinajstić information content (AvgIpc) is 3.84. The summed E-state index contributed by atoms with van der Waals surface area (Å²) in [6.45, 7) is 6.85. The van der Waals surface area contributed by atoms with Crippen LogP contribution in [0.4, 0.5) is 0 Å². The molecule has 2 aliphatic rings. The standard InChI is InChI=1S/C47H66N10O13S2/c1-24(2)17-34-42(65)49-25(3)39(62)52-30(20-58)22-71-72-23-33(48)47(70)57-16-6-7-38(57)46(69)51-27(5)41(64)54-36(19-29-10-14-32(61)15-11-29)44(67)56-37(21-59)45(68)50-26(4)40(63)53-35(43(66)55-34)18-28-8-12-31(60)13-9-28/h8-15,20,24-27,30,33-38,59-61H,6-7,16-19,21-23,48H2,1-5H3,(H,49,65)(H,50,68)(H,51,69)(H,52,62)(H,53,63)(H,54,64)(H,55,66)(H,56,67)/t25-,26-,27-,30+,33-,34-,35-,36-,37-,38-/m0/s1. The first-order valence-corrected chi connectivity index (χ1v) is 25.9. The van der Waals surface area contributed by atoms with Gasteiger partial charge in [-0.1, -0.05) is 59.7 Å². The van der Waals surface area contributed by atoms with Crippen LogP contribution in [0.3, 0.4) is 0 Å². The van der Waals surface area contributed by atoms with Crippen LogP contribution < -0.4 is 48.3 Å². The van der Waals surface area contributed by atoms with Crippen molar-refractivity contribution < 1.29 is 63.3 Å². The third-order valence-electron chi connectivity index (χ3n) is 11.7. The Balaban J connectivity index is 1.64. The van der Waals surface area contributed by atoms with Crippen molar-refractivity contribution in [2.24, 2.45) is 11.7 Å². The van der Waals surface area contributed by atoms with Crippen molar-refractivity contribution in [1.29, 1.82) is 0 Å². The second-order valence-electron chi connectivity index (χ2n) is 18.1. The van der Waals surface area contributed by atoms with E-state index in [1.54, 1.807) is 13.8 Å². The van der Waals surface area contributed by atoms with Crippen molar-refractivity contribution in [3.05, 3.63) is 59.7 Å². The van der Waals surface area contributed by atoms with Gasteiger partial charge in [-0.05, 0) is 81.3 Å². The minimum atomic E-state index is -1.69. The molecule has 0 saturated carbocycles. The van der Waals surface area contributed by atoms with Gasteiger partial charge in [-0.15, -0.1) is 0 Å². The Bertz CT molecular complexity index is 2260. The third-order valence-corrected chi connectivity index (χ3v) is 14.1. The third kappa shape index (κ3) is 17.7. The maximum atomic E-state index is 14.1. The maximum absolute atomic E-state index is 14.1. The predicted octanol–water partition coefficient (Wildman–Crippen LogP) is -2.23. The number of aliphatic hydroxyl groups excluding tert-OH is 1. The van der Waals surface area contributed by atoms with Crippen molar-refractivity contribution >= 4 is 81.0 Å². The van der Waals surface area contributed by atoms with E-state index in [2.05, 4.69) is 42.5 Å². The highest BCUT2D eigenvalue weighted by atomic mass is 33.1. The number of nitrogens with one attached hydrogen (secondary N) is 8. The molecule has 2 fully saturated rings. The Morgan fingerprint density at radius 1 is 0.597 bits per heavy atom. The van der Waals surface area contributed by atoms with Crippen molar-refractivity contribution in [2.75, 3.05) is 24.7 Å². The molecule has 72 heavy (non-hydrogen) atoms. The van der Waals surface area contributed by atoms with Crippen LogP contribution in [0.2, 0.25) is 0 Å². The Morgan fingerprint density at radius 2 is 1.01 bits per heavy atom. The number of phenolic OH excluding ortho intramolecular Hbond substituents is 2. The minimum absolute atomic E-state index is 0.0537. The minimum Gasteiger partial charge on any atom is -0.508 e. The molecule has 10 atom stereocenters. The zero-order valence-electron chi connectivity index (χ0n) is 40.7. The normalized spacial score (nSPS) is 27.8. The molecule has 9 amide bonds. The number of fused-ring (bicyclic) bond motifs is 1. The fourth-order valence-corrected chi connectivity index (χ4v) is 9.82. The largest absolute Gasteiger partial charge is 0.508 e. The number of carbonyl (C=O) groups is 10. The zero-order valence-corrected chi connectivity index (χ0v) is 42.3. The number of aromatic hydroxyl groups is 2. The lowest BCUT2D eigenvalue weighted by atomic mass is 10.0. The van der Waals surface area contributed by atoms with Gasteiger partial charge in [0.15, 0.2) is 0 Å². The van der Waals surface area contributed by atoms with Gasteiger partial charge in [-0.3, -0.25) is 43.2 Å². The molecule has 25 heteroatoms. The summed E-state index contributed by atoms with van der Waals surface area (Å²) in [6.07, 6.45) is 0.979. The van der Waals surface area contributed by atoms with Gasteiger partial charge >= 0.3 is 0 Å². The maximum Gasteiger partial charge on any atom is 0.245 e. The summed E-state index contributed by atoms with van der Waals surface area (Å²) in [7, 11) is 2.31. The van der Waals surface area contributed by atoms with E-state index in [1.165, 1.54) is 74.2 Å². The van der Waals surface area contributed by atoms with Crippen LogP contribution in [0, 0.1) is 5.92 Å². The summed E-state index contributed by atoms with van der Waals surface area (Å²) in [5, 5.41) is 50.4. The number of amides is 9. The lowest BCUT2D eigenvalue weighted by molar-refractivity contribution is -0.140. The molecule has 2 saturated heterocycles. The van der Waals surface area contributed by atoms with E-state index in [0.29, 0.717) is 23.8 Å². The van der Waals surface area contributed by atoms with Gasteiger partial charge in [0, 0.05) is 30.9 Å². The van der Waals surface area contributed by atoms with Crippen LogP contribution in [0.15, 0.2) is 48.5 Å². The number of aliphatic hydroxyl groups is 1. The highest BCUT2D eigenvalue weighted by Crippen LogP contribution is 2.25. The number of aldehydes is 1. The van der Waals surface area contributed by atoms with Crippen LogP contribution in [-0.2, 0) is 60.8 Å². The monoisotopic (exact) mass is 1040 g/mol. The molecule has 23 nitrogen and oxygen atoms in total. The lowest BCUT2D eigenvalue weighted by Crippen LogP contribution is -2.60. The molecule has 13 N–H and O–H groups in total. The molecule has 0 aromatic heterocycles. The van der Waals surface area contributed by atoms with E-state index in [1.807, 2.05) is 0 Å². The molecule has 0 radical (unpaired) electrons. The van der Waals surface area contributed by atoms with Gasteiger partial charge in [0.25, 0.3) is 0 Å². The molecule has 0 aliphatic carbocycles. The number of benzene rings is 2. The lowest BCUT2D eigenvalue weighted by Gasteiger charge is -2.28. The first-order valence-electron chi connectivity index (χ1n) is 23.5. The number of phenols is 2. The highest BCUT2D eigenvalue weighted by Gasteiger charge is 2.38. The molecule has 394 valence electrons. The summed E-state index contributed by atoms with van der Waals surface area (Å²) >= 11 is 0. The molecular weight excluding hydrogens is 977 g/mol. The SMILES string of the molecule is CC(C)C[C@@H]1NC(=O)[C@H](Cc2ccc(O)cc2)NC(=O)[C@H](C)NC(=O)[C@H](CO)NC(=O)[C@H](Cc2ccc(O)cc2)NC(=O)[C@H](C)NC(=O)[C@@H]2CCCN2C(=O)[C@@H](N)CSSC[C@@H](C=O)NC(=O)[C@H](C)NC1=O. The number of hydrogen-bond acceptors (Lipinski definition) is 16. The second-order valence-corrected chi connectivity index (χ2v) is 20.7. The van der Waals surface area contributed by atoms with Crippen LogP contribution in [-0.4, -0.2) is 165 Å². The molecule has 0 bridgehead atoms. The molecule has 0 spiro atoms. The first-order chi connectivity index (χ1) is 34.1. The highest BCUT2D eigenvalue weighted by molar-refractivity contribution is 8.76. The van der Waals surface area contributed by atoms with E-state index in [-0.39, 0.29) is 61.2 Å². The topological polar surface area (TPSA) is 357 Å². The van der Waals surface area contributed by atoms with E-state index < -0.39 is 120 Å². The number of hydrogen-bond donors (Lipinski definition) is 12. The van der Waals surface area contributed by atoms with Gasteiger partial charge in [0.05, 0.1) is 18.7 Å². The number of rotatable bonds is 8. The zero-order chi connectivity index (χ0) is 53.2. The van der Waals surface area contributed by atoms with Gasteiger partial charge in [-0.2, -0.15) is 0 Å². The van der Waals surface area contributed by atoms with E-state index >= 15 is 0 Å². The van der Waals surface area contributed by atoms with Crippen molar-refractivity contribution in [3.63, 3.8) is 0 Å². The van der Waals surface area contributed by atoms with Gasteiger partial charge in [0.2, 0.25) is 53.2 Å². The first kappa shape index (κ1) is 58.1. The Morgan fingerprint density at radius 3 is 1.49 bits per heavy atom. The van der Waals surface area contributed by atoms with Crippen LogP contribution in [0.25, 0.3) is 0 Å². The Kier molecular flexibility index (Phi) is 22.6. The average molecular weight is 1040 g/mol. The van der Waals surface area contributed by atoms with E-state index in [4.69, 9.17) is 5.73 Å². The van der Waals surface area contributed by atoms with E-state index in [0.717, 1.165) is 21.6 Å². The van der Waals surface area contributed by atoms with Gasteiger partial charge in [0.1, 0.15) is 66.1 Å². The molecule has 2 heterocycles. The summed E-state index contributed by atoms with van der Waals surface area (Å²) in [5.41, 5.74) is 7.21. The predicted molar refractivity (Wildman–Crippen MR) is 266 cm³/mol. The summed E-state index contributed by atoms with van der Waals surface area (Å²) in [4.78, 5) is 136. The molecule has 0 unspecified atom stereocenters. The summed E-state index contributed by atoms with van der Waals surface area (Å²) in [5.74, 6) is -7.38. The summed E-state index contributed by atoms with van der Waals surface area (Å²) in [6, 6.07) is -1.24.